The van der Waals surface area contributed by atoms with E-state index >= 15 is 0 Å². The van der Waals surface area contributed by atoms with E-state index in [1.54, 1.807) is 4.90 Å². The normalized spacial score (nSPS) is 18.3. The van der Waals surface area contributed by atoms with Gasteiger partial charge in [0.2, 0.25) is 0 Å². The van der Waals surface area contributed by atoms with Gasteiger partial charge in [-0.05, 0) is 64.8 Å². The summed E-state index contributed by atoms with van der Waals surface area (Å²) in [4.78, 5) is 16.6. The third-order valence-corrected chi connectivity index (χ3v) is 6.27. The number of anilines is 2. The van der Waals surface area contributed by atoms with Gasteiger partial charge in [-0.3, -0.25) is 0 Å². The molecule has 0 unspecified atom stereocenters. The van der Waals surface area contributed by atoms with Crippen molar-refractivity contribution in [1.29, 1.82) is 0 Å². The minimum Gasteiger partial charge on any atom is -0.457 e. The third kappa shape index (κ3) is 5.36. The zero-order valence-electron chi connectivity index (χ0n) is 20.1. The molecule has 2 heterocycles. The van der Waals surface area contributed by atoms with Gasteiger partial charge in [0, 0.05) is 31.7 Å². The van der Waals surface area contributed by atoms with E-state index in [1.165, 1.54) is 0 Å². The third-order valence-electron chi connectivity index (χ3n) is 6.27. The molecule has 4 rings (SSSR count). The van der Waals surface area contributed by atoms with E-state index in [-0.39, 0.29) is 11.7 Å². The van der Waals surface area contributed by atoms with E-state index in [2.05, 4.69) is 11.8 Å². The summed E-state index contributed by atoms with van der Waals surface area (Å²) in [5.41, 5.74) is 8.40. The fourth-order valence-electron chi connectivity index (χ4n) is 4.61. The fourth-order valence-corrected chi connectivity index (χ4v) is 4.61. The van der Waals surface area contributed by atoms with Crippen LogP contribution < -0.4 is 15.4 Å². The quantitative estimate of drug-likeness (QED) is 0.661. The van der Waals surface area contributed by atoms with Crippen molar-refractivity contribution in [3.63, 3.8) is 0 Å². The molecule has 0 atom stereocenters. The van der Waals surface area contributed by atoms with Crippen molar-refractivity contribution in [2.45, 2.75) is 51.7 Å². The molecule has 1 amide bonds. The molecule has 2 aromatic carbocycles. The number of amides is 1. The summed E-state index contributed by atoms with van der Waals surface area (Å²) in [7, 11) is 0. The molecule has 2 aliphatic heterocycles. The summed E-state index contributed by atoms with van der Waals surface area (Å²) in [5.74, 6) is 1.59. The fraction of sp³-hybridized carbons (Fsp3) is 0.500. The maximum Gasteiger partial charge on any atom is 0.410 e. The highest BCUT2D eigenvalue weighted by Crippen LogP contribution is 2.40. The SMILES string of the molecule is Cc1c(Oc2ccccc2)ccc(N)c1N1CCOC2(CCN(C(=O)OC(C)(C)C)CC2)C1. The number of piperidine rings is 1. The van der Waals surface area contributed by atoms with Crippen LogP contribution in [0, 0.1) is 6.92 Å². The summed E-state index contributed by atoms with van der Waals surface area (Å²) >= 11 is 0. The lowest BCUT2D eigenvalue weighted by Crippen LogP contribution is -2.58. The molecule has 0 aliphatic carbocycles. The largest absolute Gasteiger partial charge is 0.457 e. The number of nitrogens with two attached hydrogens (primary N) is 1. The minimum atomic E-state index is -0.494. The van der Waals surface area contributed by atoms with Crippen LogP contribution in [0.5, 0.6) is 11.5 Å². The average Bonchev–Trinajstić information content (AvgIpc) is 2.76. The van der Waals surface area contributed by atoms with Gasteiger partial charge < -0.3 is 29.7 Å². The van der Waals surface area contributed by atoms with Gasteiger partial charge in [0.05, 0.1) is 23.6 Å². The summed E-state index contributed by atoms with van der Waals surface area (Å²) in [6.45, 7) is 11.1. The Bertz CT molecular complexity index is 979. The Morgan fingerprint density at radius 3 is 2.42 bits per heavy atom. The van der Waals surface area contributed by atoms with Crippen LogP contribution in [0.2, 0.25) is 0 Å². The van der Waals surface area contributed by atoms with Crippen LogP contribution in [-0.4, -0.2) is 55.0 Å². The van der Waals surface area contributed by atoms with Gasteiger partial charge in [-0.15, -0.1) is 0 Å². The zero-order valence-corrected chi connectivity index (χ0v) is 20.1. The van der Waals surface area contributed by atoms with E-state index in [0.717, 1.165) is 54.4 Å². The number of benzene rings is 2. The van der Waals surface area contributed by atoms with E-state index in [0.29, 0.717) is 19.7 Å². The predicted octanol–water partition coefficient (Wildman–Crippen LogP) is 4.98. The molecule has 2 aromatic rings. The first kappa shape index (κ1) is 23.2. The maximum atomic E-state index is 12.5. The first-order valence-electron chi connectivity index (χ1n) is 11.6. The smallest absolute Gasteiger partial charge is 0.410 e. The number of rotatable bonds is 3. The Morgan fingerprint density at radius 2 is 1.76 bits per heavy atom. The van der Waals surface area contributed by atoms with Gasteiger partial charge in [0.15, 0.2) is 0 Å². The maximum absolute atomic E-state index is 12.5. The van der Waals surface area contributed by atoms with Crippen LogP contribution in [0.25, 0.3) is 0 Å². The van der Waals surface area contributed by atoms with Crippen molar-refractivity contribution in [2.24, 2.45) is 0 Å². The highest BCUT2D eigenvalue weighted by atomic mass is 16.6. The molecule has 178 valence electrons. The summed E-state index contributed by atoms with van der Waals surface area (Å²) in [6.07, 6.45) is 1.28. The lowest BCUT2D eigenvalue weighted by Gasteiger charge is -2.48. The van der Waals surface area contributed by atoms with Crippen molar-refractivity contribution in [1.82, 2.24) is 4.90 Å². The highest BCUT2D eigenvalue weighted by molar-refractivity contribution is 5.75. The number of hydrogen-bond donors (Lipinski definition) is 1. The number of nitrogen functional groups attached to an aromatic ring is 1. The lowest BCUT2D eigenvalue weighted by molar-refractivity contribution is -0.0912. The molecular formula is C26H35N3O4. The molecule has 2 N–H and O–H groups in total. The standard InChI is InChI=1S/C26H35N3O4/c1-19-22(32-20-8-6-5-7-9-20)11-10-21(27)23(19)29-16-17-31-26(18-29)12-14-28(15-13-26)24(30)33-25(2,3)4/h5-11H,12-18,27H2,1-4H3. The van der Waals surface area contributed by atoms with Crippen LogP contribution in [0.1, 0.15) is 39.2 Å². The summed E-state index contributed by atoms with van der Waals surface area (Å²) < 4.78 is 18.0. The van der Waals surface area contributed by atoms with Crippen molar-refractivity contribution < 1.29 is 19.0 Å². The van der Waals surface area contributed by atoms with Gasteiger partial charge in [-0.1, -0.05) is 18.2 Å². The Balaban J connectivity index is 1.48. The molecular weight excluding hydrogens is 418 g/mol. The van der Waals surface area contributed by atoms with E-state index in [4.69, 9.17) is 19.9 Å². The summed E-state index contributed by atoms with van der Waals surface area (Å²) in [5, 5.41) is 0. The second kappa shape index (κ2) is 9.14. The molecule has 1 spiro atoms. The number of carbonyl (C=O) groups is 1. The van der Waals surface area contributed by atoms with Gasteiger partial charge in [-0.25, -0.2) is 4.79 Å². The van der Waals surface area contributed by atoms with Crippen molar-refractivity contribution >= 4 is 17.5 Å². The van der Waals surface area contributed by atoms with Crippen LogP contribution in [0.15, 0.2) is 42.5 Å². The van der Waals surface area contributed by atoms with Crippen LogP contribution in [0.4, 0.5) is 16.2 Å². The Hall–Kier alpha value is -2.93. The second-order valence-corrected chi connectivity index (χ2v) is 9.96. The lowest BCUT2D eigenvalue weighted by atomic mass is 9.89. The first-order valence-corrected chi connectivity index (χ1v) is 11.6. The second-order valence-electron chi connectivity index (χ2n) is 9.96. The highest BCUT2D eigenvalue weighted by Gasteiger charge is 2.42. The van der Waals surface area contributed by atoms with Crippen molar-refractivity contribution in [2.75, 3.05) is 43.4 Å². The molecule has 0 radical (unpaired) electrons. The number of hydrogen-bond acceptors (Lipinski definition) is 6. The van der Waals surface area contributed by atoms with Crippen LogP contribution in [0.3, 0.4) is 0 Å². The number of likely N-dealkylation sites (tertiary alicyclic amines) is 1. The monoisotopic (exact) mass is 453 g/mol. The van der Waals surface area contributed by atoms with Gasteiger partial charge in [0.1, 0.15) is 17.1 Å². The molecule has 2 aliphatic rings. The minimum absolute atomic E-state index is 0.254. The van der Waals surface area contributed by atoms with Gasteiger partial charge in [0.25, 0.3) is 0 Å². The predicted molar refractivity (Wildman–Crippen MR) is 130 cm³/mol. The van der Waals surface area contributed by atoms with E-state index in [9.17, 15) is 4.79 Å². The Morgan fingerprint density at radius 1 is 1.06 bits per heavy atom. The van der Waals surface area contributed by atoms with Gasteiger partial charge in [-0.2, -0.15) is 0 Å². The number of nitrogens with zero attached hydrogens (tertiary/aromatic N) is 2. The summed E-state index contributed by atoms with van der Waals surface area (Å²) in [6, 6.07) is 13.6. The molecule has 33 heavy (non-hydrogen) atoms. The molecule has 0 saturated carbocycles. The van der Waals surface area contributed by atoms with Crippen LogP contribution in [-0.2, 0) is 9.47 Å². The Labute approximate surface area is 196 Å². The first-order chi connectivity index (χ1) is 15.7. The van der Waals surface area contributed by atoms with E-state index < -0.39 is 5.60 Å². The molecule has 2 saturated heterocycles. The molecule has 0 aromatic heterocycles. The average molecular weight is 454 g/mol. The zero-order chi connectivity index (χ0) is 23.6. The topological polar surface area (TPSA) is 77.3 Å². The molecule has 7 nitrogen and oxygen atoms in total. The molecule has 7 heteroatoms. The van der Waals surface area contributed by atoms with Crippen LogP contribution >= 0.6 is 0 Å². The number of carbonyl (C=O) groups excluding carboxylic acids is 1. The molecule has 2 fully saturated rings. The number of morpholine rings is 1. The Kier molecular flexibility index (Phi) is 6.43. The molecule has 0 bridgehead atoms. The van der Waals surface area contributed by atoms with Crippen molar-refractivity contribution in [3.05, 3.63) is 48.0 Å². The van der Waals surface area contributed by atoms with Gasteiger partial charge >= 0.3 is 6.09 Å². The number of para-hydroxylation sites is 1. The number of ether oxygens (including phenoxy) is 3. The van der Waals surface area contributed by atoms with Crippen molar-refractivity contribution in [3.8, 4) is 11.5 Å². The van der Waals surface area contributed by atoms with E-state index in [1.807, 2.05) is 63.2 Å².